The fourth-order valence-corrected chi connectivity index (χ4v) is 2.54. The predicted octanol–water partition coefficient (Wildman–Crippen LogP) is 3.09. The maximum Gasteiger partial charge on any atom is 0.123 e. The van der Waals surface area contributed by atoms with Crippen LogP contribution in [0.15, 0.2) is 24.3 Å². The minimum Gasteiger partial charge on any atom is -0.385 e. The van der Waals surface area contributed by atoms with Crippen LogP contribution in [0.5, 0.6) is 0 Å². The van der Waals surface area contributed by atoms with Gasteiger partial charge in [0.2, 0.25) is 0 Å². The zero-order chi connectivity index (χ0) is 13.0. The molecule has 1 aliphatic rings. The Bertz CT molecular complexity index is 359. The first-order valence-corrected chi connectivity index (χ1v) is 6.69. The van der Waals surface area contributed by atoms with E-state index in [1.807, 2.05) is 12.1 Å². The van der Waals surface area contributed by atoms with E-state index in [9.17, 15) is 4.39 Å². The topological polar surface area (TPSA) is 21.3 Å². The van der Waals surface area contributed by atoms with E-state index >= 15 is 0 Å². The summed E-state index contributed by atoms with van der Waals surface area (Å²) in [4.78, 5) is 0. The molecule has 0 amide bonds. The van der Waals surface area contributed by atoms with Crippen LogP contribution in [-0.4, -0.2) is 25.8 Å². The molecule has 1 saturated carbocycles. The summed E-state index contributed by atoms with van der Waals surface area (Å²) in [6.45, 7) is 3.01. The van der Waals surface area contributed by atoms with Crippen molar-refractivity contribution in [3.8, 4) is 0 Å². The van der Waals surface area contributed by atoms with Crippen molar-refractivity contribution in [2.45, 2.75) is 44.2 Å². The van der Waals surface area contributed by atoms with Gasteiger partial charge in [-0.2, -0.15) is 0 Å². The molecular formula is C15H22FNO. The van der Waals surface area contributed by atoms with E-state index in [0.717, 1.165) is 25.9 Å². The number of ether oxygens (including phenoxy) is 1. The number of nitrogens with one attached hydrogen (secondary N) is 1. The Kier molecular flexibility index (Phi) is 4.72. The van der Waals surface area contributed by atoms with Gasteiger partial charge in [0.25, 0.3) is 0 Å². The molecule has 0 bridgehead atoms. The van der Waals surface area contributed by atoms with E-state index in [1.165, 1.54) is 5.56 Å². The van der Waals surface area contributed by atoms with Gasteiger partial charge in [-0.1, -0.05) is 12.1 Å². The maximum absolute atomic E-state index is 12.8. The molecule has 1 fully saturated rings. The standard InChI is InChI=1S/C15H22FNO/c1-11(7-8-18-2)17-15-9-13(10-15)12-3-5-14(16)6-4-12/h3-6,11,13,15,17H,7-10H2,1-2H3. The molecule has 1 aromatic rings. The van der Waals surface area contributed by atoms with E-state index in [1.54, 1.807) is 19.2 Å². The van der Waals surface area contributed by atoms with Gasteiger partial charge in [0, 0.05) is 25.8 Å². The summed E-state index contributed by atoms with van der Waals surface area (Å²) >= 11 is 0. The first-order valence-electron chi connectivity index (χ1n) is 6.69. The normalized spacial score (nSPS) is 24.6. The van der Waals surface area contributed by atoms with Gasteiger partial charge in [0.15, 0.2) is 0 Å². The summed E-state index contributed by atoms with van der Waals surface area (Å²) in [6.07, 6.45) is 3.36. The molecule has 1 unspecified atom stereocenters. The number of rotatable bonds is 6. The molecule has 0 radical (unpaired) electrons. The summed E-state index contributed by atoms with van der Waals surface area (Å²) in [6, 6.07) is 8.03. The first kappa shape index (κ1) is 13.5. The number of halogens is 1. The molecule has 0 aliphatic heterocycles. The minimum atomic E-state index is -0.152. The number of hydrogen-bond acceptors (Lipinski definition) is 2. The van der Waals surface area contributed by atoms with Gasteiger partial charge >= 0.3 is 0 Å². The lowest BCUT2D eigenvalue weighted by atomic mass is 9.75. The van der Waals surface area contributed by atoms with Crippen LogP contribution in [0.25, 0.3) is 0 Å². The molecule has 0 saturated heterocycles. The van der Waals surface area contributed by atoms with Gasteiger partial charge in [-0.25, -0.2) is 4.39 Å². The highest BCUT2D eigenvalue weighted by Crippen LogP contribution is 2.37. The maximum atomic E-state index is 12.8. The van der Waals surface area contributed by atoms with Gasteiger partial charge in [-0.3, -0.25) is 0 Å². The highest BCUT2D eigenvalue weighted by Gasteiger charge is 2.30. The van der Waals surface area contributed by atoms with Crippen molar-refractivity contribution in [3.63, 3.8) is 0 Å². The highest BCUT2D eigenvalue weighted by atomic mass is 19.1. The minimum absolute atomic E-state index is 0.152. The molecule has 1 aliphatic carbocycles. The number of methoxy groups -OCH3 is 1. The molecular weight excluding hydrogens is 229 g/mol. The molecule has 0 spiro atoms. The third-order valence-corrected chi connectivity index (χ3v) is 3.75. The molecule has 100 valence electrons. The van der Waals surface area contributed by atoms with Crippen molar-refractivity contribution in [3.05, 3.63) is 35.6 Å². The summed E-state index contributed by atoms with van der Waals surface area (Å²) < 4.78 is 17.9. The highest BCUT2D eigenvalue weighted by molar-refractivity contribution is 5.23. The summed E-state index contributed by atoms with van der Waals surface area (Å²) in [5, 5.41) is 3.61. The molecule has 1 atom stereocenters. The average Bonchev–Trinajstić information content (AvgIpc) is 2.32. The Labute approximate surface area is 109 Å². The lowest BCUT2D eigenvalue weighted by Gasteiger charge is -2.38. The zero-order valence-electron chi connectivity index (χ0n) is 11.2. The second kappa shape index (κ2) is 6.30. The molecule has 0 aromatic heterocycles. The van der Waals surface area contributed by atoms with Crippen LogP contribution in [0.4, 0.5) is 4.39 Å². The monoisotopic (exact) mass is 251 g/mol. The van der Waals surface area contributed by atoms with Crippen LogP contribution in [0, 0.1) is 5.82 Å². The Morgan fingerprint density at radius 1 is 1.33 bits per heavy atom. The molecule has 1 aromatic carbocycles. The van der Waals surface area contributed by atoms with Crippen LogP contribution in [-0.2, 0) is 4.74 Å². The summed E-state index contributed by atoms with van der Waals surface area (Å²) in [5.41, 5.74) is 1.26. The van der Waals surface area contributed by atoms with E-state index in [-0.39, 0.29) is 5.82 Å². The molecule has 18 heavy (non-hydrogen) atoms. The number of hydrogen-bond donors (Lipinski definition) is 1. The van der Waals surface area contributed by atoms with Gasteiger partial charge < -0.3 is 10.1 Å². The zero-order valence-corrected chi connectivity index (χ0v) is 11.2. The molecule has 2 nitrogen and oxygen atoms in total. The Hall–Kier alpha value is -0.930. The average molecular weight is 251 g/mol. The Morgan fingerprint density at radius 2 is 2.00 bits per heavy atom. The van der Waals surface area contributed by atoms with Crippen molar-refractivity contribution >= 4 is 0 Å². The lowest BCUT2D eigenvalue weighted by molar-refractivity contribution is 0.175. The molecule has 0 heterocycles. The second-order valence-electron chi connectivity index (χ2n) is 5.27. The fourth-order valence-electron chi connectivity index (χ4n) is 2.54. The van der Waals surface area contributed by atoms with Gasteiger partial charge in [0.1, 0.15) is 5.82 Å². The van der Waals surface area contributed by atoms with E-state index in [2.05, 4.69) is 12.2 Å². The van der Waals surface area contributed by atoms with E-state index in [0.29, 0.717) is 18.0 Å². The van der Waals surface area contributed by atoms with Crippen molar-refractivity contribution in [2.75, 3.05) is 13.7 Å². The van der Waals surface area contributed by atoms with Crippen LogP contribution in [0.3, 0.4) is 0 Å². The SMILES string of the molecule is COCCC(C)NC1CC(c2ccc(F)cc2)C1. The van der Waals surface area contributed by atoms with Gasteiger partial charge in [0.05, 0.1) is 0 Å². The van der Waals surface area contributed by atoms with E-state index < -0.39 is 0 Å². The van der Waals surface area contributed by atoms with Crippen molar-refractivity contribution < 1.29 is 9.13 Å². The summed E-state index contributed by atoms with van der Waals surface area (Å²) in [7, 11) is 1.74. The Balaban J connectivity index is 1.72. The molecule has 1 N–H and O–H groups in total. The first-order chi connectivity index (χ1) is 8.69. The smallest absolute Gasteiger partial charge is 0.123 e. The third-order valence-electron chi connectivity index (χ3n) is 3.75. The lowest BCUT2D eigenvalue weighted by Crippen LogP contribution is -2.44. The van der Waals surface area contributed by atoms with Crippen LogP contribution in [0.2, 0.25) is 0 Å². The van der Waals surface area contributed by atoms with Crippen molar-refractivity contribution in [1.29, 1.82) is 0 Å². The third kappa shape index (κ3) is 3.53. The largest absolute Gasteiger partial charge is 0.385 e. The van der Waals surface area contributed by atoms with Crippen LogP contribution in [0.1, 0.15) is 37.7 Å². The van der Waals surface area contributed by atoms with Crippen LogP contribution < -0.4 is 5.32 Å². The van der Waals surface area contributed by atoms with Gasteiger partial charge in [-0.15, -0.1) is 0 Å². The van der Waals surface area contributed by atoms with Gasteiger partial charge in [-0.05, 0) is 49.8 Å². The number of benzene rings is 1. The van der Waals surface area contributed by atoms with E-state index in [4.69, 9.17) is 4.74 Å². The second-order valence-corrected chi connectivity index (χ2v) is 5.27. The van der Waals surface area contributed by atoms with Crippen molar-refractivity contribution in [1.82, 2.24) is 5.32 Å². The summed E-state index contributed by atoms with van der Waals surface area (Å²) in [5.74, 6) is 0.443. The Morgan fingerprint density at radius 3 is 2.61 bits per heavy atom. The molecule has 2 rings (SSSR count). The quantitative estimate of drug-likeness (QED) is 0.839. The van der Waals surface area contributed by atoms with Crippen LogP contribution >= 0.6 is 0 Å². The predicted molar refractivity (Wildman–Crippen MR) is 71.3 cm³/mol. The van der Waals surface area contributed by atoms with Crippen molar-refractivity contribution in [2.24, 2.45) is 0 Å². The molecule has 3 heteroatoms. The fraction of sp³-hybridized carbons (Fsp3) is 0.600.